The Kier molecular flexibility index (Phi) is 12.7. The summed E-state index contributed by atoms with van der Waals surface area (Å²) < 4.78 is 51.8. The molecule has 2 aromatic carbocycles. The van der Waals surface area contributed by atoms with E-state index < -0.39 is 42.4 Å². The number of carbonyl (C=O) groups is 2. The number of aliphatic hydroxyl groups excluding tert-OH is 1. The number of piperazine rings is 1. The summed E-state index contributed by atoms with van der Waals surface area (Å²) in [7, 11) is -2.37. The van der Waals surface area contributed by atoms with E-state index in [4.69, 9.17) is 24.2 Å². The molecular formula is C49H64F2N6O6Si. The van der Waals surface area contributed by atoms with Crippen molar-refractivity contribution in [1.29, 1.82) is 0 Å². The Morgan fingerprint density at radius 3 is 2.12 bits per heavy atom. The largest absolute Gasteiger partial charge is 0.463 e. The van der Waals surface area contributed by atoms with Gasteiger partial charge in [0.15, 0.2) is 5.82 Å². The highest BCUT2D eigenvalue weighted by atomic mass is 28.3. The first kappa shape index (κ1) is 46.9. The zero-order valence-corrected chi connectivity index (χ0v) is 40.4. The summed E-state index contributed by atoms with van der Waals surface area (Å²) in [6.07, 6.45) is 3.52. The molecule has 0 radical (unpaired) electrons. The smallest absolute Gasteiger partial charge is 0.412 e. The van der Waals surface area contributed by atoms with Crippen molar-refractivity contribution in [3.63, 3.8) is 0 Å². The lowest BCUT2D eigenvalue weighted by Crippen LogP contribution is -2.57. The van der Waals surface area contributed by atoms with Gasteiger partial charge in [0.2, 0.25) is 0 Å². The molecule has 2 bridgehead atoms. The summed E-state index contributed by atoms with van der Waals surface area (Å²) >= 11 is 0. The van der Waals surface area contributed by atoms with Gasteiger partial charge in [0.1, 0.15) is 42.1 Å². The van der Waals surface area contributed by atoms with Gasteiger partial charge in [-0.2, -0.15) is 9.97 Å². The molecule has 2 amide bonds. The lowest BCUT2D eigenvalue weighted by molar-refractivity contribution is 0.0122. The van der Waals surface area contributed by atoms with Gasteiger partial charge < -0.3 is 24.2 Å². The van der Waals surface area contributed by atoms with Crippen molar-refractivity contribution in [1.82, 2.24) is 19.9 Å². The predicted molar refractivity (Wildman–Crippen MR) is 249 cm³/mol. The molecule has 2 unspecified atom stereocenters. The highest BCUT2D eigenvalue weighted by Gasteiger charge is 2.46. The number of anilines is 2. The van der Waals surface area contributed by atoms with E-state index in [9.17, 15) is 14.7 Å². The Balaban J connectivity index is 1.42. The van der Waals surface area contributed by atoms with Crippen molar-refractivity contribution < 1.29 is 37.7 Å². The molecule has 12 nitrogen and oxygen atoms in total. The fourth-order valence-electron chi connectivity index (χ4n) is 9.79. The fraction of sp³-hybridized carbons (Fsp3) is 0.571. The molecule has 15 heteroatoms. The van der Waals surface area contributed by atoms with Gasteiger partial charge >= 0.3 is 18.2 Å². The third kappa shape index (κ3) is 9.36. The van der Waals surface area contributed by atoms with E-state index >= 15 is 8.78 Å². The van der Waals surface area contributed by atoms with Crippen molar-refractivity contribution >= 4 is 53.4 Å². The number of carbonyl (C=O) groups excluding carboxylic acids is 2. The standard InChI is InChI=1S/C49H64F2N6O6Si/c1-28(2)64(29(3)4,30(5)6)20-17-35-38(50)16-13-31-21-32(53-45(59)62-47(7,8)9)22-36(39(31)35)41-40(51)42-37(23-52-41)43(55-44(54-42)61-27-49(26-58)18-19-49)56-24-33-14-15-34(25-56)57(33)46(60)63-48(10,11)12/h13,16,21-23,28-30,33-34,58H,14-15,18-19,24-27H2,1-12H3,(H,53,59). The summed E-state index contributed by atoms with van der Waals surface area (Å²) in [5.74, 6) is 2.33. The fourth-order valence-corrected chi connectivity index (χ4v) is 15.0. The van der Waals surface area contributed by atoms with E-state index in [0.717, 1.165) is 25.7 Å². The van der Waals surface area contributed by atoms with Gasteiger partial charge in [-0.1, -0.05) is 53.5 Å². The van der Waals surface area contributed by atoms with Crippen LogP contribution in [0.25, 0.3) is 32.9 Å². The molecule has 2 N–H and O–H groups in total. The molecule has 2 aromatic heterocycles. The molecule has 1 aliphatic carbocycles. The first-order valence-electron chi connectivity index (χ1n) is 22.6. The van der Waals surface area contributed by atoms with E-state index in [1.807, 2.05) is 30.6 Å². The number of amides is 2. The summed E-state index contributed by atoms with van der Waals surface area (Å²) in [6.45, 7) is 24.8. The SMILES string of the molecule is CC(C)[Si](C#Cc1c(F)ccc2cc(NC(=O)OC(C)(C)C)cc(-c3ncc4c(N5CC6CCC(C5)N6C(=O)OC(C)(C)C)nc(OCC5(CO)CC5)nc4c3F)c12)(C(C)C)C(C)C. The summed E-state index contributed by atoms with van der Waals surface area (Å²) in [6, 6.07) is 5.78. The van der Waals surface area contributed by atoms with Gasteiger partial charge in [-0.3, -0.25) is 15.2 Å². The number of nitrogens with zero attached hydrogens (tertiary/aromatic N) is 5. The molecule has 7 rings (SSSR count). The minimum Gasteiger partial charge on any atom is -0.463 e. The van der Waals surface area contributed by atoms with Crippen LogP contribution < -0.4 is 15.0 Å². The van der Waals surface area contributed by atoms with Crippen molar-refractivity contribution in [3.8, 4) is 28.7 Å². The van der Waals surface area contributed by atoms with Crippen molar-refractivity contribution in [2.75, 3.05) is 36.5 Å². The molecule has 3 aliphatic rings. The first-order valence-corrected chi connectivity index (χ1v) is 24.8. The van der Waals surface area contributed by atoms with Crippen LogP contribution in [-0.4, -0.2) is 94.8 Å². The van der Waals surface area contributed by atoms with Crippen LogP contribution in [0.5, 0.6) is 6.01 Å². The Morgan fingerprint density at radius 2 is 1.56 bits per heavy atom. The third-order valence-electron chi connectivity index (χ3n) is 13.1. The zero-order chi connectivity index (χ0) is 46.7. The summed E-state index contributed by atoms with van der Waals surface area (Å²) in [5.41, 5.74) is 2.97. The second-order valence-electron chi connectivity index (χ2n) is 21.0. The third-order valence-corrected chi connectivity index (χ3v) is 19.4. The Labute approximate surface area is 376 Å². The molecule has 2 atom stereocenters. The van der Waals surface area contributed by atoms with Crippen LogP contribution in [0.1, 0.15) is 114 Å². The molecule has 64 heavy (non-hydrogen) atoms. The number of halogens is 2. The minimum absolute atomic E-state index is 0.0660. The summed E-state index contributed by atoms with van der Waals surface area (Å²) in [4.78, 5) is 44.6. The van der Waals surface area contributed by atoms with Crippen LogP contribution in [0.4, 0.5) is 29.9 Å². The molecule has 2 aliphatic heterocycles. The highest BCUT2D eigenvalue weighted by Crippen LogP contribution is 2.46. The number of rotatable bonds is 10. The normalized spacial score (nSPS) is 18.5. The number of pyridine rings is 1. The number of aromatic nitrogens is 3. The maximum absolute atomic E-state index is 17.8. The molecule has 0 spiro atoms. The number of fused-ring (bicyclic) bond motifs is 4. The van der Waals surface area contributed by atoms with Gasteiger partial charge in [0.05, 0.1) is 36.2 Å². The van der Waals surface area contributed by atoms with E-state index in [1.54, 1.807) is 39.0 Å². The number of aliphatic hydroxyl groups is 1. The van der Waals surface area contributed by atoms with E-state index in [1.165, 1.54) is 12.3 Å². The monoisotopic (exact) mass is 898 g/mol. The number of hydrogen-bond donors (Lipinski definition) is 2. The van der Waals surface area contributed by atoms with Crippen LogP contribution in [0, 0.1) is 28.5 Å². The van der Waals surface area contributed by atoms with Gasteiger partial charge in [-0.15, -0.1) is 5.54 Å². The Bertz CT molecular complexity index is 2490. The van der Waals surface area contributed by atoms with Crippen LogP contribution >= 0.6 is 0 Å². The topological polar surface area (TPSA) is 139 Å². The molecular weight excluding hydrogens is 835 g/mol. The van der Waals surface area contributed by atoms with Crippen LogP contribution in [-0.2, 0) is 9.47 Å². The molecule has 4 aromatic rings. The van der Waals surface area contributed by atoms with Crippen LogP contribution in [0.15, 0.2) is 30.5 Å². The van der Waals surface area contributed by atoms with Gasteiger partial charge in [0, 0.05) is 41.3 Å². The molecule has 344 valence electrons. The van der Waals surface area contributed by atoms with Gasteiger partial charge in [0.25, 0.3) is 0 Å². The van der Waals surface area contributed by atoms with Crippen molar-refractivity contribution in [2.24, 2.45) is 5.41 Å². The van der Waals surface area contributed by atoms with E-state index in [-0.39, 0.29) is 82.0 Å². The van der Waals surface area contributed by atoms with Crippen molar-refractivity contribution in [3.05, 3.63) is 47.7 Å². The second-order valence-corrected chi connectivity index (χ2v) is 26.5. The lowest BCUT2D eigenvalue weighted by atomic mass is 9.95. The molecule has 2 saturated heterocycles. The average Bonchev–Trinajstić information content (AvgIpc) is 3.92. The second kappa shape index (κ2) is 17.4. The van der Waals surface area contributed by atoms with E-state index in [2.05, 4.69) is 63.3 Å². The lowest BCUT2D eigenvalue weighted by Gasteiger charge is -2.42. The predicted octanol–water partition coefficient (Wildman–Crippen LogP) is 10.8. The van der Waals surface area contributed by atoms with Gasteiger partial charge in [-0.25, -0.2) is 18.4 Å². The number of nitrogens with one attached hydrogen (secondary N) is 1. The van der Waals surface area contributed by atoms with E-state index in [0.29, 0.717) is 35.1 Å². The van der Waals surface area contributed by atoms with Crippen LogP contribution in [0.3, 0.4) is 0 Å². The minimum atomic E-state index is -2.37. The highest BCUT2D eigenvalue weighted by molar-refractivity contribution is 6.90. The maximum Gasteiger partial charge on any atom is 0.412 e. The Morgan fingerprint density at radius 1 is 0.938 bits per heavy atom. The zero-order valence-electron chi connectivity index (χ0n) is 39.4. The molecule has 4 heterocycles. The van der Waals surface area contributed by atoms with Crippen LogP contribution in [0.2, 0.25) is 16.6 Å². The van der Waals surface area contributed by atoms with Crippen molar-refractivity contribution in [2.45, 2.75) is 149 Å². The van der Waals surface area contributed by atoms with Gasteiger partial charge in [-0.05, 0) is 107 Å². The quantitative estimate of drug-likeness (QED) is 0.117. The number of benzene rings is 2. The number of hydrogen-bond acceptors (Lipinski definition) is 10. The number of ether oxygens (including phenoxy) is 3. The summed E-state index contributed by atoms with van der Waals surface area (Å²) in [5, 5.41) is 14.0. The average molecular weight is 899 g/mol. The first-order chi connectivity index (χ1) is 30.0. The Hall–Kier alpha value is -5.07. The molecule has 3 fully saturated rings. The molecule has 1 saturated carbocycles. The maximum atomic E-state index is 17.8.